The molecule has 0 fully saturated rings. The Kier molecular flexibility index (Phi) is 7.56. The lowest BCUT2D eigenvalue weighted by Crippen LogP contribution is -2.24. The van der Waals surface area contributed by atoms with E-state index in [1.54, 1.807) is 30.3 Å². The molecule has 3 aromatic carbocycles. The molecule has 10 heteroatoms. The molecule has 188 valence electrons. The standard InChI is InChI=1S/C26H26N2O7S/c1-17(29)28-18-9-11-20(12-10-18)36(32,33)27-13-5-2-6-14-34-19-15-22(30)25-24(16-19)35-23-8-4-3-7-21(23)26(25)31/h3-4,7-12,15-16,27,30H,2,5-6,13-14H2,1H3,(H,28,29). The molecule has 0 radical (unpaired) electrons. The van der Waals surface area contributed by atoms with Crippen molar-refractivity contribution in [3.05, 3.63) is 70.9 Å². The van der Waals surface area contributed by atoms with E-state index in [4.69, 9.17) is 9.15 Å². The normalized spacial score (nSPS) is 11.6. The van der Waals surface area contributed by atoms with Crippen LogP contribution >= 0.6 is 0 Å². The van der Waals surface area contributed by atoms with Crippen molar-refractivity contribution in [2.75, 3.05) is 18.5 Å². The van der Waals surface area contributed by atoms with Gasteiger partial charge in [0, 0.05) is 31.3 Å². The molecular formula is C26H26N2O7S. The minimum atomic E-state index is -3.64. The third kappa shape index (κ3) is 5.84. The van der Waals surface area contributed by atoms with Gasteiger partial charge in [-0.1, -0.05) is 12.1 Å². The summed E-state index contributed by atoms with van der Waals surface area (Å²) in [6, 6.07) is 15.7. The number of carbonyl (C=O) groups is 1. The average Bonchev–Trinajstić information content (AvgIpc) is 2.83. The number of amides is 1. The van der Waals surface area contributed by atoms with Crippen LogP contribution in [0.4, 0.5) is 5.69 Å². The Morgan fingerprint density at radius 1 is 1.00 bits per heavy atom. The van der Waals surface area contributed by atoms with Crippen molar-refractivity contribution >= 4 is 43.6 Å². The molecule has 36 heavy (non-hydrogen) atoms. The van der Waals surface area contributed by atoms with E-state index in [0.717, 1.165) is 0 Å². The molecule has 9 nitrogen and oxygen atoms in total. The van der Waals surface area contributed by atoms with Crippen molar-refractivity contribution in [3.63, 3.8) is 0 Å². The quantitative estimate of drug-likeness (QED) is 0.216. The van der Waals surface area contributed by atoms with Gasteiger partial charge in [-0.3, -0.25) is 9.59 Å². The topological polar surface area (TPSA) is 135 Å². The van der Waals surface area contributed by atoms with Crippen LogP contribution in [0.1, 0.15) is 26.2 Å². The summed E-state index contributed by atoms with van der Waals surface area (Å²) in [5, 5.41) is 13.5. The monoisotopic (exact) mass is 510 g/mol. The Labute approximate surface area is 207 Å². The first kappa shape index (κ1) is 25.2. The smallest absolute Gasteiger partial charge is 0.240 e. The summed E-state index contributed by atoms with van der Waals surface area (Å²) in [5.41, 5.74) is 0.893. The summed E-state index contributed by atoms with van der Waals surface area (Å²) >= 11 is 0. The van der Waals surface area contributed by atoms with Gasteiger partial charge in [-0.15, -0.1) is 0 Å². The first-order valence-electron chi connectivity index (χ1n) is 11.4. The number of aromatic hydroxyl groups is 1. The van der Waals surface area contributed by atoms with Gasteiger partial charge in [0.1, 0.15) is 28.1 Å². The first-order chi connectivity index (χ1) is 17.2. The molecule has 0 bridgehead atoms. The van der Waals surface area contributed by atoms with Gasteiger partial charge in [0.05, 0.1) is 16.9 Å². The Morgan fingerprint density at radius 3 is 2.50 bits per heavy atom. The summed E-state index contributed by atoms with van der Waals surface area (Å²) in [4.78, 5) is 23.9. The minimum Gasteiger partial charge on any atom is -0.507 e. The van der Waals surface area contributed by atoms with E-state index in [9.17, 15) is 23.1 Å². The van der Waals surface area contributed by atoms with Gasteiger partial charge in [0.2, 0.25) is 21.4 Å². The maximum absolute atomic E-state index is 12.7. The number of hydrogen-bond acceptors (Lipinski definition) is 7. The third-order valence-corrected chi connectivity index (χ3v) is 6.98. The Hall–Kier alpha value is -3.89. The Morgan fingerprint density at radius 2 is 1.75 bits per heavy atom. The van der Waals surface area contributed by atoms with Gasteiger partial charge >= 0.3 is 0 Å². The van der Waals surface area contributed by atoms with Crippen LogP contribution in [0, 0.1) is 0 Å². The van der Waals surface area contributed by atoms with Gasteiger partial charge in [-0.2, -0.15) is 0 Å². The predicted molar refractivity (Wildman–Crippen MR) is 137 cm³/mol. The zero-order chi connectivity index (χ0) is 25.7. The zero-order valence-corrected chi connectivity index (χ0v) is 20.4. The number of phenols is 1. The molecule has 3 N–H and O–H groups in total. The first-order valence-corrected chi connectivity index (χ1v) is 12.9. The number of rotatable bonds is 10. The second kappa shape index (κ2) is 10.8. The number of fused-ring (bicyclic) bond motifs is 2. The number of benzene rings is 3. The summed E-state index contributed by atoms with van der Waals surface area (Å²) < 4.78 is 38.9. The summed E-state index contributed by atoms with van der Waals surface area (Å²) in [7, 11) is -3.64. The number of sulfonamides is 1. The average molecular weight is 511 g/mol. The number of para-hydroxylation sites is 1. The minimum absolute atomic E-state index is 0.109. The fraction of sp³-hybridized carbons (Fsp3) is 0.231. The van der Waals surface area contributed by atoms with Gasteiger partial charge in [-0.25, -0.2) is 13.1 Å². The van der Waals surface area contributed by atoms with Crippen molar-refractivity contribution < 1.29 is 27.5 Å². The van der Waals surface area contributed by atoms with Crippen LogP contribution in [0.3, 0.4) is 0 Å². The molecule has 4 rings (SSSR count). The fourth-order valence-electron chi connectivity index (χ4n) is 3.77. The summed E-state index contributed by atoms with van der Waals surface area (Å²) in [5.74, 6) is -0.0614. The number of carbonyl (C=O) groups excluding carboxylic acids is 1. The molecule has 1 heterocycles. The van der Waals surface area contributed by atoms with Gasteiger partial charge in [-0.05, 0) is 55.7 Å². The van der Waals surface area contributed by atoms with E-state index in [0.29, 0.717) is 48.3 Å². The highest BCUT2D eigenvalue weighted by Gasteiger charge is 2.14. The summed E-state index contributed by atoms with van der Waals surface area (Å²) in [6.45, 7) is 1.99. The molecular weight excluding hydrogens is 484 g/mol. The number of nitrogens with one attached hydrogen (secondary N) is 2. The molecule has 0 saturated heterocycles. The second-order valence-corrected chi connectivity index (χ2v) is 10.0. The fourth-order valence-corrected chi connectivity index (χ4v) is 4.84. The van der Waals surface area contributed by atoms with Crippen molar-refractivity contribution in [1.82, 2.24) is 4.72 Å². The highest BCUT2D eigenvalue weighted by Crippen LogP contribution is 2.30. The highest BCUT2D eigenvalue weighted by molar-refractivity contribution is 7.89. The largest absolute Gasteiger partial charge is 0.507 e. The van der Waals surface area contributed by atoms with Gasteiger partial charge in [0.15, 0.2) is 0 Å². The molecule has 0 spiro atoms. The van der Waals surface area contributed by atoms with Crippen LogP contribution in [0.5, 0.6) is 11.5 Å². The molecule has 0 aliphatic rings. The SMILES string of the molecule is CC(=O)Nc1ccc(S(=O)(=O)NCCCCCOc2cc(O)c3c(=O)c4ccccc4oc3c2)cc1. The van der Waals surface area contributed by atoms with E-state index in [2.05, 4.69) is 10.0 Å². The molecule has 0 unspecified atom stereocenters. The lowest BCUT2D eigenvalue weighted by Gasteiger charge is -2.10. The number of ether oxygens (including phenoxy) is 1. The number of unbranched alkanes of at least 4 members (excludes halogenated alkanes) is 2. The molecule has 0 aliphatic heterocycles. The number of phenolic OH excluding ortho intramolecular Hbond substituents is 1. The lowest BCUT2D eigenvalue weighted by atomic mass is 10.1. The van der Waals surface area contributed by atoms with Crippen molar-refractivity contribution in [2.45, 2.75) is 31.1 Å². The third-order valence-electron chi connectivity index (χ3n) is 5.50. The zero-order valence-electron chi connectivity index (χ0n) is 19.6. The van der Waals surface area contributed by atoms with Crippen molar-refractivity contribution in [3.8, 4) is 11.5 Å². The molecule has 0 atom stereocenters. The molecule has 1 aromatic heterocycles. The number of anilines is 1. The van der Waals surface area contributed by atoms with Gasteiger partial charge < -0.3 is 19.6 Å². The lowest BCUT2D eigenvalue weighted by molar-refractivity contribution is -0.114. The van der Waals surface area contributed by atoms with Crippen LogP contribution < -0.4 is 20.2 Å². The van der Waals surface area contributed by atoms with E-state index in [1.807, 2.05) is 0 Å². The Balaban J connectivity index is 1.26. The van der Waals surface area contributed by atoms with Crippen LogP contribution in [-0.2, 0) is 14.8 Å². The maximum atomic E-state index is 12.7. The molecule has 4 aromatic rings. The molecule has 0 saturated carbocycles. The van der Waals surface area contributed by atoms with Crippen LogP contribution in [-0.4, -0.2) is 32.6 Å². The van der Waals surface area contributed by atoms with E-state index in [-0.39, 0.29) is 39.5 Å². The Bertz CT molecular complexity index is 1560. The van der Waals surface area contributed by atoms with Crippen LogP contribution in [0.2, 0.25) is 0 Å². The van der Waals surface area contributed by atoms with Crippen molar-refractivity contribution in [1.29, 1.82) is 0 Å². The van der Waals surface area contributed by atoms with E-state index >= 15 is 0 Å². The van der Waals surface area contributed by atoms with Crippen molar-refractivity contribution in [2.24, 2.45) is 0 Å². The molecule has 1 amide bonds. The maximum Gasteiger partial charge on any atom is 0.240 e. The van der Waals surface area contributed by atoms with Crippen LogP contribution in [0.15, 0.2) is 74.8 Å². The molecule has 0 aliphatic carbocycles. The van der Waals surface area contributed by atoms with Gasteiger partial charge in [0.25, 0.3) is 0 Å². The second-order valence-electron chi connectivity index (χ2n) is 8.26. The predicted octanol–water partition coefficient (Wildman–Crippen LogP) is 4.14. The highest BCUT2D eigenvalue weighted by atomic mass is 32.2. The van der Waals surface area contributed by atoms with Crippen LogP contribution in [0.25, 0.3) is 21.9 Å². The van der Waals surface area contributed by atoms with E-state index < -0.39 is 10.0 Å². The van der Waals surface area contributed by atoms with E-state index in [1.165, 1.54) is 37.3 Å². The summed E-state index contributed by atoms with van der Waals surface area (Å²) in [6.07, 6.45) is 1.98. The number of hydrogen-bond donors (Lipinski definition) is 3.